The number of nitrogens with one attached hydrogen (secondary N) is 2. The molecule has 0 aliphatic heterocycles. The van der Waals surface area contributed by atoms with E-state index in [0.717, 1.165) is 24.3 Å². The van der Waals surface area contributed by atoms with Crippen LogP contribution in [-0.2, 0) is 19.6 Å². The highest BCUT2D eigenvalue weighted by atomic mass is 32.2. The number of benzene rings is 1. The van der Waals surface area contributed by atoms with Gasteiger partial charge in [0.2, 0.25) is 15.9 Å². The van der Waals surface area contributed by atoms with E-state index in [1.807, 2.05) is 0 Å². The first-order chi connectivity index (χ1) is 10.8. The van der Waals surface area contributed by atoms with Gasteiger partial charge in [-0.05, 0) is 37.1 Å². The molecule has 1 aromatic carbocycles. The van der Waals surface area contributed by atoms with Crippen LogP contribution in [0.15, 0.2) is 29.2 Å². The number of halogens is 1. The fourth-order valence-electron chi connectivity index (χ4n) is 2.23. The van der Waals surface area contributed by atoms with Crippen molar-refractivity contribution in [3.63, 3.8) is 0 Å². The number of rotatable bonds is 7. The van der Waals surface area contributed by atoms with Gasteiger partial charge in [0, 0.05) is 19.0 Å². The Morgan fingerprint density at radius 1 is 1.22 bits per heavy atom. The van der Waals surface area contributed by atoms with Gasteiger partial charge in [0.05, 0.1) is 10.8 Å². The summed E-state index contributed by atoms with van der Waals surface area (Å²) >= 11 is 0. The van der Waals surface area contributed by atoms with Crippen LogP contribution in [0.4, 0.5) is 4.39 Å². The minimum atomic E-state index is -3.79. The standard InChI is InChI=1S/C14H17FN2O5S/c15-10-1-3-12(4-2-10)23(21,22)16-6-5-13(18)17-11-7-9(8-11)14(19)20/h1-4,9,11,16H,5-8H2,(H,17,18)(H,19,20). The zero-order valence-electron chi connectivity index (χ0n) is 12.2. The Morgan fingerprint density at radius 3 is 2.39 bits per heavy atom. The molecule has 0 aromatic heterocycles. The lowest BCUT2D eigenvalue weighted by molar-refractivity contribution is -0.146. The van der Waals surface area contributed by atoms with Crippen LogP contribution in [0.5, 0.6) is 0 Å². The van der Waals surface area contributed by atoms with Gasteiger partial charge in [-0.2, -0.15) is 0 Å². The zero-order chi connectivity index (χ0) is 17.0. The fraction of sp³-hybridized carbons (Fsp3) is 0.429. The molecule has 1 aliphatic rings. The van der Waals surface area contributed by atoms with Gasteiger partial charge in [-0.25, -0.2) is 17.5 Å². The third-order valence-electron chi connectivity index (χ3n) is 3.62. The minimum Gasteiger partial charge on any atom is -0.481 e. The molecule has 1 amide bonds. The van der Waals surface area contributed by atoms with Crippen LogP contribution < -0.4 is 10.0 Å². The number of sulfonamides is 1. The van der Waals surface area contributed by atoms with Crippen molar-refractivity contribution in [2.75, 3.05) is 6.54 Å². The molecule has 0 unspecified atom stereocenters. The second-order valence-corrected chi connectivity index (χ2v) is 7.14. The quantitative estimate of drug-likeness (QED) is 0.666. The molecular formula is C14H17FN2O5S. The van der Waals surface area contributed by atoms with Crippen LogP contribution in [0.2, 0.25) is 0 Å². The van der Waals surface area contributed by atoms with Crippen molar-refractivity contribution in [2.24, 2.45) is 5.92 Å². The summed E-state index contributed by atoms with van der Waals surface area (Å²) in [6.45, 7) is -0.0966. The van der Waals surface area contributed by atoms with E-state index in [-0.39, 0.29) is 29.8 Å². The van der Waals surface area contributed by atoms with Gasteiger partial charge in [-0.1, -0.05) is 0 Å². The van der Waals surface area contributed by atoms with E-state index < -0.39 is 27.7 Å². The maximum atomic E-state index is 12.8. The molecule has 1 fully saturated rings. The fourth-order valence-corrected chi connectivity index (χ4v) is 3.27. The molecule has 0 heterocycles. The van der Waals surface area contributed by atoms with Gasteiger partial charge in [0.1, 0.15) is 5.82 Å². The molecule has 3 N–H and O–H groups in total. The Hall–Kier alpha value is -2.00. The van der Waals surface area contributed by atoms with E-state index in [1.54, 1.807) is 0 Å². The van der Waals surface area contributed by atoms with Gasteiger partial charge in [-0.3, -0.25) is 9.59 Å². The number of hydrogen-bond acceptors (Lipinski definition) is 4. The number of carboxylic acids is 1. The van der Waals surface area contributed by atoms with Gasteiger partial charge < -0.3 is 10.4 Å². The first-order valence-corrected chi connectivity index (χ1v) is 8.53. The van der Waals surface area contributed by atoms with Gasteiger partial charge >= 0.3 is 5.97 Å². The van der Waals surface area contributed by atoms with Crippen molar-refractivity contribution >= 4 is 21.9 Å². The van der Waals surface area contributed by atoms with Crippen LogP contribution >= 0.6 is 0 Å². The molecule has 7 nitrogen and oxygen atoms in total. The van der Waals surface area contributed by atoms with Crippen LogP contribution in [-0.4, -0.2) is 38.0 Å². The number of carbonyl (C=O) groups excluding carboxylic acids is 1. The lowest BCUT2D eigenvalue weighted by Crippen LogP contribution is -2.47. The summed E-state index contributed by atoms with van der Waals surface area (Å²) in [5, 5.41) is 11.4. The van der Waals surface area contributed by atoms with Gasteiger partial charge in [0.25, 0.3) is 0 Å². The summed E-state index contributed by atoms with van der Waals surface area (Å²) in [5.74, 6) is -2.18. The Balaban J connectivity index is 1.73. The SMILES string of the molecule is O=C(CCNS(=O)(=O)c1ccc(F)cc1)NC1CC(C(=O)O)C1. The molecule has 0 bridgehead atoms. The molecule has 1 aliphatic carbocycles. The molecule has 9 heteroatoms. The molecule has 0 atom stereocenters. The molecule has 126 valence electrons. The molecule has 23 heavy (non-hydrogen) atoms. The number of carbonyl (C=O) groups is 2. The molecule has 2 rings (SSSR count). The van der Waals surface area contributed by atoms with Crippen molar-refractivity contribution in [1.82, 2.24) is 10.0 Å². The topological polar surface area (TPSA) is 113 Å². The number of aliphatic carboxylic acids is 1. The highest BCUT2D eigenvalue weighted by Crippen LogP contribution is 2.27. The van der Waals surface area contributed by atoms with Crippen LogP contribution in [0.25, 0.3) is 0 Å². The van der Waals surface area contributed by atoms with Crippen LogP contribution in [0.3, 0.4) is 0 Å². The third-order valence-corrected chi connectivity index (χ3v) is 5.10. The van der Waals surface area contributed by atoms with E-state index in [1.165, 1.54) is 0 Å². The molecular weight excluding hydrogens is 327 g/mol. The monoisotopic (exact) mass is 344 g/mol. The summed E-state index contributed by atoms with van der Waals surface area (Å²) in [5.41, 5.74) is 0. The number of hydrogen-bond donors (Lipinski definition) is 3. The van der Waals surface area contributed by atoms with Crippen molar-refractivity contribution in [2.45, 2.75) is 30.2 Å². The average Bonchev–Trinajstić information content (AvgIpc) is 2.42. The zero-order valence-corrected chi connectivity index (χ0v) is 13.0. The lowest BCUT2D eigenvalue weighted by atomic mass is 9.80. The number of carboxylic acid groups (broad SMARTS) is 1. The second-order valence-electron chi connectivity index (χ2n) is 5.37. The summed E-state index contributed by atoms with van der Waals surface area (Å²) in [4.78, 5) is 22.2. The minimum absolute atomic E-state index is 0.0609. The van der Waals surface area contributed by atoms with E-state index in [4.69, 9.17) is 5.11 Å². The Labute approximate surface area is 132 Å². The summed E-state index contributed by atoms with van der Waals surface area (Å²) in [6.07, 6.45) is 0.722. The van der Waals surface area contributed by atoms with Crippen LogP contribution in [0.1, 0.15) is 19.3 Å². The van der Waals surface area contributed by atoms with Crippen molar-refractivity contribution in [1.29, 1.82) is 0 Å². The second kappa shape index (κ2) is 7.05. The summed E-state index contributed by atoms with van der Waals surface area (Å²) in [6, 6.07) is 4.18. The molecule has 0 spiro atoms. The van der Waals surface area contributed by atoms with E-state index in [9.17, 15) is 22.4 Å². The lowest BCUT2D eigenvalue weighted by Gasteiger charge is -2.32. The third kappa shape index (κ3) is 4.73. The van der Waals surface area contributed by atoms with Crippen molar-refractivity contribution in [3.05, 3.63) is 30.1 Å². The van der Waals surface area contributed by atoms with E-state index in [2.05, 4.69) is 10.0 Å². The largest absolute Gasteiger partial charge is 0.481 e. The normalized spacial score (nSPS) is 20.6. The molecule has 1 aromatic rings. The van der Waals surface area contributed by atoms with Crippen molar-refractivity contribution in [3.8, 4) is 0 Å². The van der Waals surface area contributed by atoms with E-state index >= 15 is 0 Å². The maximum Gasteiger partial charge on any atom is 0.306 e. The Morgan fingerprint density at radius 2 is 1.83 bits per heavy atom. The Kier molecular flexibility index (Phi) is 5.32. The van der Waals surface area contributed by atoms with Crippen molar-refractivity contribution < 1.29 is 27.5 Å². The summed E-state index contributed by atoms with van der Waals surface area (Å²) < 4.78 is 38.8. The Bertz CT molecular complexity index is 684. The summed E-state index contributed by atoms with van der Waals surface area (Å²) in [7, 11) is -3.79. The van der Waals surface area contributed by atoms with Gasteiger partial charge in [-0.15, -0.1) is 0 Å². The average molecular weight is 344 g/mol. The van der Waals surface area contributed by atoms with Gasteiger partial charge in [0.15, 0.2) is 0 Å². The molecule has 1 saturated carbocycles. The highest BCUT2D eigenvalue weighted by Gasteiger charge is 2.35. The smallest absolute Gasteiger partial charge is 0.306 e. The highest BCUT2D eigenvalue weighted by molar-refractivity contribution is 7.89. The molecule has 0 radical (unpaired) electrons. The van der Waals surface area contributed by atoms with E-state index in [0.29, 0.717) is 12.8 Å². The first kappa shape index (κ1) is 17.4. The first-order valence-electron chi connectivity index (χ1n) is 7.05. The molecule has 0 saturated heterocycles. The maximum absolute atomic E-state index is 12.8. The predicted molar refractivity (Wildman–Crippen MR) is 78.5 cm³/mol. The predicted octanol–water partition coefficient (Wildman–Crippen LogP) is 0.473. The number of amides is 1. The van der Waals surface area contributed by atoms with Crippen LogP contribution in [0, 0.1) is 11.7 Å².